The van der Waals surface area contributed by atoms with E-state index < -0.39 is 0 Å². The zero-order valence-corrected chi connectivity index (χ0v) is 11.9. The van der Waals surface area contributed by atoms with Gasteiger partial charge in [0.1, 0.15) is 5.76 Å². The Balaban J connectivity index is 2.01. The maximum atomic E-state index is 6.23. The zero-order chi connectivity index (χ0) is 13.1. The molecule has 2 N–H and O–H groups in total. The minimum Gasteiger partial charge on any atom is -0.468 e. The topological polar surface area (TPSA) is 39.2 Å². The fourth-order valence-corrected chi connectivity index (χ4v) is 2.75. The van der Waals surface area contributed by atoms with E-state index >= 15 is 0 Å². The molecular formula is C15H19NOS. The van der Waals surface area contributed by atoms with Crippen molar-refractivity contribution in [2.75, 3.05) is 5.75 Å². The first kappa shape index (κ1) is 13.2. The van der Waals surface area contributed by atoms with Crippen LogP contribution in [0, 0.1) is 20.8 Å². The molecule has 0 aliphatic heterocycles. The van der Waals surface area contributed by atoms with Gasteiger partial charge in [0.2, 0.25) is 0 Å². The number of rotatable bonds is 4. The number of benzene rings is 1. The van der Waals surface area contributed by atoms with Gasteiger partial charge in [-0.2, -0.15) is 0 Å². The maximum Gasteiger partial charge on any atom is 0.114 e. The van der Waals surface area contributed by atoms with Crippen LogP contribution >= 0.6 is 11.8 Å². The van der Waals surface area contributed by atoms with Gasteiger partial charge in [-0.3, -0.25) is 0 Å². The van der Waals surface area contributed by atoms with Gasteiger partial charge < -0.3 is 10.2 Å². The fourth-order valence-electron chi connectivity index (χ4n) is 1.79. The van der Waals surface area contributed by atoms with E-state index in [2.05, 4.69) is 32.0 Å². The summed E-state index contributed by atoms with van der Waals surface area (Å²) in [7, 11) is 0. The van der Waals surface area contributed by atoms with Crippen molar-refractivity contribution < 1.29 is 4.42 Å². The Kier molecular flexibility index (Phi) is 4.15. The van der Waals surface area contributed by atoms with Crippen LogP contribution in [-0.4, -0.2) is 5.75 Å². The summed E-state index contributed by atoms with van der Waals surface area (Å²) in [5, 5.41) is 0. The molecule has 0 amide bonds. The van der Waals surface area contributed by atoms with Gasteiger partial charge in [0.25, 0.3) is 0 Å². The second-order valence-corrected chi connectivity index (χ2v) is 5.66. The molecule has 3 heteroatoms. The summed E-state index contributed by atoms with van der Waals surface area (Å²) in [5.41, 5.74) is 10.0. The Labute approximate surface area is 113 Å². The number of hydrogen-bond acceptors (Lipinski definition) is 3. The Bertz CT molecular complexity index is 533. The van der Waals surface area contributed by atoms with Crippen LogP contribution in [0.25, 0.3) is 0 Å². The van der Waals surface area contributed by atoms with Crippen LogP contribution in [0.4, 0.5) is 0 Å². The van der Waals surface area contributed by atoms with Crippen molar-refractivity contribution in [3.8, 4) is 0 Å². The molecule has 18 heavy (non-hydrogen) atoms. The first-order valence-corrected chi connectivity index (χ1v) is 7.06. The smallest absolute Gasteiger partial charge is 0.114 e. The highest BCUT2D eigenvalue weighted by Crippen LogP contribution is 2.27. The summed E-state index contributed by atoms with van der Waals surface area (Å²) >= 11 is 1.75. The van der Waals surface area contributed by atoms with E-state index in [0.717, 1.165) is 11.5 Å². The monoisotopic (exact) mass is 261 g/mol. The molecule has 1 aromatic heterocycles. The lowest BCUT2D eigenvalue weighted by Gasteiger charge is -2.13. The molecule has 0 saturated heterocycles. The van der Waals surface area contributed by atoms with Crippen molar-refractivity contribution in [3.05, 3.63) is 53.0 Å². The van der Waals surface area contributed by atoms with Crippen molar-refractivity contribution in [3.63, 3.8) is 0 Å². The first-order chi connectivity index (χ1) is 8.58. The molecule has 0 fully saturated rings. The highest BCUT2D eigenvalue weighted by atomic mass is 32.2. The summed E-state index contributed by atoms with van der Waals surface area (Å²) in [5.74, 6) is 1.83. The van der Waals surface area contributed by atoms with E-state index in [4.69, 9.17) is 10.2 Å². The highest BCUT2D eigenvalue weighted by Gasteiger charge is 2.09. The molecule has 1 atom stereocenters. The predicted octanol–water partition coefficient (Wildman–Crippen LogP) is 4.00. The minimum atomic E-state index is 0.0589. The molecule has 2 rings (SSSR count). The largest absolute Gasteiger partial charge is 0.468 e. The van der Waals surface area contributed by atoms with E-state index in [1.54, 1.807) is 18.0 Å². The van der Waals surface area contributed by atoms with Crippen LogP contribution in [0.1, 0.15) is 28.5 Å². The van der Waals surface area contributed by atoms with E-state index in [1.807, 2.05) is 13.0 Å². The molecule has 1 heterocycles. The third-order valence-corrected chi connectivity index (χ3v) is 4.45. The minimum absolute atomic E-state index is 0.0589. The number of aryl methyl sites for hydroxylation is 3. The van der Waals surface area contributed by atoms with E-state index in [9.17, 15) is 0 Å². The molecule has 0 aliphatic rings. The number of furan rings is 1. The fraction of sp³-hybridized carbons (Fsp3) is 0.333. The van der Waals surface area contributed by atoms with E-state index in [0.29, 0.717) is 0 Å². The first-order valence-electron chi connectivity index (χ1n) is 6.07. The number of hydrogen-bond donors (Lipinski definition) is 1. The second-order valence-electron chi connectivity index (χ2n) is 4.60. The third kappa shape index (κ3) is 2.98. The molecule has 0 spiro atoms. The highest BCUT2D eigenvalue weighted by molar-refractivity contribution is 7.99. The molecule has 0 radical (unpaired) electrons. The molecule has 96 valence electrons. The molecule has 0 saturated carbocycles. The quantitative estimate of drug-likeness (QED) is 0.846. The average Bonchev–Trinajstić information content (AvgIpc) is 2.75. The van der Waals surface area contributed by atoms with E-state index in [-0.39, 0.29) is 6.04 Å². The molecule has 0 aliphatic carbocycles. The van der Waals surface area contributed by atoms with Crippen molar-refractivity contribution >= 4 is 11.8 Å². The second kappa shape index (κ2) is 5.63. The molecule has 2 aromatic rings. The SMILES string of the molecule is Cc1ccc(C(N)CSc2ccoc2C)cc1C. The molecule has 1 aromatic carbocycles. The zero-order valence-electron chi connectivity index (χ0n) is 11.1. The van der Waals surface area contributed by atoms with Gasteiger partial charge in [0.15, 0.2) is 0 Å². The van der Waals surface area contributed by atoms with Crippen molar-refractivity contribution in [1.29, 1.82) is 0 Å². The summed E-state index contributed by atoms with van der Waals surface area (Å²) in [6.07, 6.45) is 1.72. The molecule has 0 bridgehead atoms. The summed E-state index contributed by atoms with van der Waals surface area (Å²) in [6, 6.07) is 8.49. The Hall–Kier alpha value is -1.19. The number of thioether (sulfide) groups is 1. The Morgan fingerprint density at radius 2 is 1.94 bits per heavy atom. The van der Waals surface area contributed by atoms with Gasteiger partial charge in [-0.25, -0.2) is 0 Å². The van der Waals surface area contributed by atoms with Gasteiger partial charge in [0.05, 0.1) is 6.26 Å². The Morgan fingerprint density at radius 1 is 1.17 bits per heavy atom. The molecular weight excluding hydrogens is 242 g/mol. The Morgan fingerprint density at radius 3 is 2.56 bits per heavy atom. The van der Waals surface area contributed by atoms with Gasteiger partial charge in [-0.05, 0) is 43.5 Å². The van der Waals surface area contributed by atoms with Gasteiger partial charge in [-0.1, -0.05) is 18.2 Å². The van der Waals surface area contributed by atoms with Crippen LogP contribution < -0.4 is 5.73 Å². The van der Waals surface area contributed by atoms with Gasteiger partial charge >= 0.3 is 0 Å². The summed E-state index contributed by atoms with van der Waals surface area (Å²) < 4.78 is 5.28. The lowest BCUT2D eigenvalue weighted by Crippen LogP contribution is -2.13. The predicted molar refractivity (Wildman–Crippen MR) is 77.0 cm³/mol. The number of nitrogens with two attached hydrogens (primary N) is 1. The standard InChI is InChI=1S/C15H19NOS/c1-10-4-5-13(8-11(10)2)14(16)9-18-15-6-7-17-12(15)3/h4-8,14H,9,16H2,1-3H3. The van der Waals surface area contributed by atoms with Crippen LogP contribution in [0.15, 0.2) is 39.8 Å². The summed E-state index contributed by atoms with van der Waals surface area (Å²) in [4.78, 5) is 1.18. The molecule has 1 unspecified atom stereocenters. The van der Waals surface area contributed by atoms with Crippen LogP contribution in [0.2, 0.25) is 0 Å². The van der Waals surface area contributed by atoms with E-state index in [1.165, 1.54) is 21.6 Å². The lowest BCUT2D eigenvalue weighted by molar-refractivity contribution is 0.527. The van der Waals surface area contributed by atoms with Gasteiger partial charge in [0, 0.05) is 16.7 Å². The third-order valence-electron chi connectivity index (χ3n) is 3.19. The van der Waals surface area contributed by atoms with Crippen molar-refractivity contribution in [2.24, 2.45) is 5.73 Å². The normalized spacial score (nSPS) is 12.7. The lowest BCUT2D eigenvalue weighted by atomic mass is 10.0. The van der Waals surface area contributed by atoms with Crippen LogP contribution in [-0.2, 0) is 0 Å². The van der Waals surface area contributed by atoms with Crippen LogP contribution in [0.5, 0.6) is 0 Å². The van der Waals surface area contributed by atoms with Gasteiger partial charge in [-0.15, -0.1) is 11.8 Å². The van der Waals surface area contributed by atoms with Crippen molar-refractivity contribution in [1.82, 2.24) is 0 Å². The summed E-state index contributed by atoms with van der Waals surface area (Å²) in [6.45, 7) is 6.22. The molecule has 2 nitrogen and oxygen atoms in total. The van der Waals surface area contributed by atoms with Crippen LogP contribution in [0.3, 0.4) is 0 Å². The van der Waals surface area contributed by atoms with Crippen molar-refractivity contribution in [2.45, 2.75) is 31.7 Å². The maximum absolute atomic E-state index is 6.23. The average molecular weight is 261 g/mol.